The van der Waals surface area contributed by atoms with Crippen molar-refractivity contribution in [2.24, 2.45) is 0 Å². The highest BCUT2D eigenvalue weighted by Gasteiger charge is 2.26. The van der Waals surface area contributed by atoms with Gasteiger partial charge in [0.25, 0.3) is 0 Å². The van der Waals surface area contributed by atoms with E-state index in [1.807, 2.05) is 0 Å². The smallest absolute Gasteiger partial charge is 0.244 e. The van der Waals surface area contributed by atoms with Crippen LogP contribution in [-0.2, 0) is 9.59 Å². The lowest BCUT2D eigenvalue weighted by Crippen LogP contribution is -2.43. The van der Waals surface area contributed by atoms with Crippen molar-refractivity contribution in [3.05, 3.63) is 0 Å². The molecule has 0 aromatic carbocycles. The molecule has 2 amide bonds. The molecule has 0 aromatic rings. The third-order valence-corrected chi connectivity index (χ3v) is 2.49. The molecule has 2 atom stereocenters. The van der Waals surface area contributed by atoms with Crippen molar-refractivity contribution in [2.75, 3.05) is 13.1 Å². The first-order valence-corrected chi connectivity index (χ1v) is 5.27. The first kappa shape index (κ1) is 12.0. The Morgan fingerprint density at radius 2 is 2.27 bits per heavy atom. The van der Waals surface area contributed by atoms with Gasteiger partial charge in [-0.3, -0.25) is 9.59 Å². The Labute approximate surface area is 89.4 Å². The van der Waals surface area contributed by atoms with Crippen LogP contribution in [0.25, 0.3) is 0 Å². The molecule has 2 N–H and O–H groups in total. The SMILES string of the molecule is CC(O)CCN1CCC(=O)NC(C)C1=O. The van der Waals surface area contributed by atoms with Crippen molar-refractivity contribution >= 4 is 11.8 Å². The molecule has 1 heterocycles. The van der Waals surface area contributed by atoms with Crippen molar-refractivity contribution in [1.82, 2.24) is 10.2 Å². The van der Waals surface area contributed by atoms with Crippen LogP contribution in [0, 0.1) is 0 Å². The van der Waals surface area contributed by atoms with Crippen LogP contribution in [0.1, 0.15) is 26.7 Å². The molecule has 86 valence electrons. The largest absolute Gasteiger partial charge is 0.393 e. The van der Waals surface area contributed by atoms with Gasteiger partial charge in [0.1, 0.15) is 6.04 Å². The van der Waals surface area contributed by atoms with Gasteiger partial charge in [-0.15, -0.1) is 0 Å². The summed E-state index contributed by atoms with van der Waals surface area (Å²) >= 11 is 0. The minimum atomic E-state index is -0.450. The highest BCUT2D eigenvalue weighted by atomic mass is 16.3. The molecular formula is C10H18N2O3. The Morgan fingerprint density at radius 3 is 2.87 bits per heavy atom. The van der Waals surface area contributed by atoms with Crippen molar-refractivity contribution in [1.29, 1.82) is 0 Å². The number of rotatable bonds is 3. The van der Waals surface area contributed by atoms with Gasteiger partial charge in [0.2, 0.25) is 11.8 Å². The lowest BCUT2D eigenvalue weighted by Gasteiger charge is -2.22. The van der Waals surface area contributed by atoms with E-state index in [1.54, 1.807) is 18.7 Å². The van der Waals surface area contributed by atoms with E-state index >= 15 is 0 Å². The molecule has 1 aliphatic rings. The molecular weight excluding hydrogens is 196 g/mol. The van der Waals surface area contributed by atoms with Crippen molar-refractivity contribution in [3.8, 4) is 0 Å². The second-order valence-corrected chi connectivity index (χ2v) is 4.00. The number of carbonyl (C=O) groups excluding carboxylic acids is 2. The second kappa shape index (κ2) is 5.11. The molecule has 5 nitrogen and oxygen atoms in total. The average Bonchev–Trinajstić information content (AvgIpc) is 2.26. The van der Waals surface area contributed by atoms with Crippen LogP contribution < -0.4 is 5.32 Å². The van der Waals surface area contributed by atoms with E-state index in [2.05, 4.69) is 5.32 Å². The van der Waals surface area contributed by atoms with E-state index in [4.69, 9.17) is 5.11 Å². The van der Waals surface area contributed by atoms with Crippen LogP contribution in [0.3, 0.4) is 0 Å². The van der Waals surface area contributed by atoms with Crippen LogP contribution in [0.5, 0.6) is 0 Å². The Morgan fingerprint density at radius 1 is 1.60 bits per heavy atom. The predicted molar refractivity (Wildman–Crippen MR) is 55.1 cm³/mol. The van der Waals surface area contributed by atoms with E-state index in [9.17, 15) is 9.59 Å². The van der Waals surface area contributed by atoms with Gasteiger partial charge in [-0.25, -0.2) is 0 Å². The molecule has 0 radical (unpaired) electrons. The molecule has 15 heavy (non-hydrogen) atoms. The maximum Gasteiger partial charge on any atom is 0.244 e. The molecule has 0 aliphatic carbocycles. The number of nitrogens with one attached hydrogen (secondary N) is 1. The summed E-state index contributed by atoms with van der Waals surface area (Å²) in [7, 11) is 0. The summed E-state index contributed by atoms with van der Waals surface area (Å²) in [5, 5.41) is 11.8. The third kappa shape index (κ3) is 3.51. The quantitative estimate of drug-likeness (QED) is 0.665. The standard InChI is InChI=1S/C10H18N2O3/c1-7(13)3-5-12-6-4-9(14)11-8(2)10(12)15/h7-8,13H,3-6H2,1-2H3,(H,11,14). The Hall–Kier alpha value is -1.10. The summed E-state index contributed by atoms with van der Waals surface area (Å²) in [4.78, 5) is 24.6. The number of aliphatic hydroxyl groups is 1. The minimum Gasteiger partial charge on any atom is -0.393 e. The number of nitrogens with zero attached hydrogens (tertiary/aromatic N) is 1. The molecule has 0 aromatic heterocycles. The Kier molecular flexibility index (Phi) is 4.08. The highest BCUT2D eigenvalue weighted by molar-refractivity contribution is 5.89. The molecule has 1 saturated heterocycles. The average molecular weight is 214 g/mol. The van der Waals surface area contributed by atoms with E-state index in [0.29, 0.717) is 25.9 Å². The highest BCUT2D eigenvalue weighted by Crippen LogP contribution is 2.05. The van der Waals surface area contributed by atoms with Crippen LogP contribution in [-0.4, -0.2) is 47.1 Å². The zero-order valence-corrected chi connectivity index (χ0v) is 9.19. The first-order valence-electron chi connectivity index (χ1n) is 5.27. The normalized spacial score (nSPS) is 24.7. The number of hydrogen-bond donors (Lipinski definition) is 2. The summed E-state index contributed by atoms with van der Waals surface area (Å²) in [5.41, 5.74) is 0. The maximum absolute atomic E-state index is 11.7. The fraction of sp³-hybridized carbons (Fsp3) is 0.800. The zero-order chi connectivity index (χ0) is 11.4. The second-order valence-electron chi connectivity index (χ2n) is 4.00. The van der Waals surface area contributed by atoms with Gasteiger partial charge >= 0.3 is 0 Å². The van der Waals surface area contributed by atoms with E-state index < -0.39 is 12.1 Å². The summed E-state index contributed by atoms with van der Waals surface area (Å²) in [5.74, 6) is -0.156. The number of carbonyl (C=O) groups is 2. The number of amides is 2. The summed E-state index contributed by atoms with van der Waals surface area (Å²) in [6.45, 7) is 4.33. The van der Waals surface area contributed by atoms with Gasteiger partial charge in [-0.2, -0.15) is 0 Å². The molecule has 0 saturated carbocycles. The van der Waals surface area contributed by atoms with Gasteiger partial charge in [0.15, 0.2) is 0 Å². The zero-order valence-electron chi connectivity index (χ0n) is 9.19. The van der Waals surface area contributed by atoms with Crippen LogP contribution in [0.2, 0.25) is 0 Å². The van der Waals surface area contributed by atoms with E-state index in [1.165, 1.54) is 0 Å². The minimum absolute atomic E-state index is 0.0681. The molecule has 5 heteroatoms. The number of hydrogen-bond acceptors (Lipinski definition) is 3. The topological polar surface area (TPSA) is 69.6 Å². The molecule has 2 unspecified atom stereocenters. The molecule has 0 bridgehead atoms. The molecule has 1 fully saturated rings. The summed E-state index contributed by atoms with van der Waals surface area (Å²) in [6, 6.07) is -0.450. The molecule has 0 spiro atoms. The van der Waals surface area contributed by atoms with Gasteiger partial charge in [-0.1, -0.05) is 0 Å². The predicted octanol–water partition coefficient (Wildman–Crippen LogP) is -0.506. The summed E-state index contributed by atoms with van der Waals surface area (Å²) < 4.78 is 0. The van der Waals surface area contributed by atoms with Gasteiger partial charge < -0.3 is 15.3 Å². The first-order chi connectivity index (χ1) is 7.00. The van der Waals surface area contributed by atoms with Crippen molar-refractivity contribution < 1.29 is 14.7 Å². The monoisotopic (exact) mass is 214 g/mol. The molecule has 1 rings (SSSR count). The van der Waals surface area contributed by atoms with E-state index in [-0.39, 0.29) is 11.8 Å². The third-order valence-electron chi connectivity index (χ3n) is 2.49. The fourth-order valence-electron chi connectivity index (χ4n) is 1.56. The maximum atomic E-state index is 11.7. The molecule has 1 aliphatic heterocycles. The van der Waals surface area contributed by atoms with Crippen LogP contribution in [0.4, 0.5) is 0 Å². The van der Waals surface area contributed by atoms with Crippen molar-refractivity contribution in [3.63, 3.8) is 0 Å². The van der Waals surface area contributed by atoms with Crippen LogP contribution in [0.15, 0.2) is 0 Å². The van der Waals surface area contributed by atoms with Crippen molar-refractivity contribution in [2.45, 2.75) is 38.8 Å². The van der Waals surface area contributed by atoms with Gasteiger partial charge in [0.05, 0.1) is 6.10 Å². The van der Waals surface area contributed by atoms with E-state index in [0.717, 1.165) is 0 Å². The fourth-order valence-corrected chi connectivity index (χ4v) is 1.56. The lowest BCUT2D eigenvalue weighted by atomic mass is 10.2. The summed E-state index contributed by atoms with van der Waals surface area (Å²) in [6.07, 6.45) is 0.475. The number of aliphatic hydroxyl groups excluding tert-OH is 1. The lowest BCUT2D eigenvalue weighted by molar-refractivity contribution is -0.133. The Balaban J connectivity index is 2.54. The van der Waals surface area contributed by atoms with Gasteiger partial charge in [0, 0.05) is 19.5 Å². The van der Waals surface area contributed by atoms with Crippen LogP contribution >= 0.6 is 0 Å². The Bertz CT molecular complexity index is 253. The van der Waals surface area contributed by atoms with Gasteiger partial charge in [-0.05, 0) is 20.3 Å².